The molecule has 7 nitrogen and oxygen atoms in total. The number of ether oxygens (including phenoxy) is 3. The Kier molecular flexibility index (Phi) is 9.82. The van der Waals surface area contributed by atoms with Crippen molar-refractivity contribution in [3.05, 3.63) is 101 Å². The van der Waals surface area contributed by atoms with E-state index >= 15 is 0 Å². The Morgan fingerprint density at radius 2 is 1.86 bits per heavy atom. The van der Waals surface area contributed by atoms with Gasteiger partial charge in [0.2, 0.25) is 0 Å². The zero-order valence-electron chi connectivity index (χ0n) is 24.8. The van der Waals surface area contributed by atoms with Crippen LogP contribution in [0.4, 0.5) is 0 Å². The fraction of sp³-hybridized carbons (Fsp3) is 0.324. The van der Waals surface area contributed by atoms with Gasteiger partial charge in [-0.2, -0.15) is 0 Å². The van der Waals surface area contributed by atoms with Crippen LogP contribution in [0.1, 0.15) is 63.6 Å². The quantitative estimate of drug-likeness (QED) is 0.132. The second-order valence-corrected chi connectivity index (χ2v) is 12.1. The molecular weight excluding hydrogens is 628 g/mol. The van der Waals surface area contributed by atoms with Crippen LogP contribution in [0.5, 0.6) is 11.5 Å². The summed E-state index contributed by atoms with van der Waals surface area (Å²) >= 11 is 4.88. The maximum atomic E-state index is 14.4. The van der Waals surface area contributed by atoms with Gasteiger partial charge in [-0.1, -0.05) is 84.3 Å². The minimum absolute atomic E-state index is 0.205. The summed E-state index contributed by atoms with van der Waals surface area (Å²) in [6, 6.07) is 16.9. The number of allylic oxidation sites excluding steroid dienone is 1. The van der Waals surface area contributed by atoms with Crippen LogP contribution in [0, 0.1) is 0 Å². The van der Waals surface area contributed by atoms with Gasteiger partial charge in [0.25, 0.3) is 5.56 Å². The van der Waals surface area contributed by atoms with Gasteiger partial charge in [0.1, 0.15) is 17.5 Å². The van der Waals surface area contributed by atoms with Crippen molar-refractivity contribution >= 4 is 50.1 Å². The molecule has 0 amide bonds. The normalized spacial score (nSPS) is 14.9. The molecule has 5 rings (SSSR count). The molecule has 0 radical (unpaired) electrons. The van der Waals surface area contributed by atoms with E-state index in [0.29, 0.717) is 44.9 Å². The molecule has 0 N–H and O–H groups in total. The molecule has 0 saturated heterocycles. The summed E-state index contributed by atoms with van der Waals surface area (Å²) in [4.78, 5) is 33.4. The Bertz CT molecular complexity index is 1870. The maximum Gasteiger partial charge on any atom is 0.338 e. The van der Waals surface area contributed by atoms with Gasteiger partial charge in [-0.3, -0.25) is 9.36 Å². The van der Waals surface area contributed by atoms with Crippen molar-refractivity contribution in [3.8, 4) is 11.5 Å². The highest BCUT2D eigenvalue weighted by Gasteiger charge is 2.36. The molecule has 0 bridgehead atoms. The third-order valence-corrected chi connectivity index (χ3v) is 8.82. The highest BCUT2D eigenvalue weighted by Crippen LogP contribution is 2.38. The number of benzene rings is 3. The Balaban J connectivity index is 1.81. The largest absolute Gasteiger partial charge is 0.496 e. The number of halogens is 1. The van der Waals surface area contributed by atoms with Gasteiger partial charge in [-0.05, 0) is 60.9 Å². The fourth-order valence-electron chi connectivity index (χ4n) is 5.34. The second-order valence-electron chi connectivity index (χ2n) is 10.2. The number of methoxy groups -OCH3 is 1. The molecule has 1 aliphatic rings. The first-order valence-electron chi connectivity index (χ1n) is 14.6. The molecule has 0 unspecified atom stereocenters. The molecule has 224 valence electrons. The zero-order chi connectivity index (χ0) is 30.5. The standard InChI is InChI=1S/C34H35BrN2O5S/c1-5-8-18-42-28-16-14-21-12-9-10-13-23(21)24(28)20-29-32(38)37-31(25-19-22(35)15-17-27(25)40-4)30(33(39)41-7-3)26(11-6-2)36-34(37)43-29/h9-10,12-17,19-20,31H,5-8,11,18H2,1-4H3/b29-20+/t31-/m0/s1. The van der Waals surface area contributed by atoms with Gasteiger partial charge in [0.15, 0.2) is 4.80 Å². The summed E-state index contributed by atoms with van der Waals surface area (Å²) in [7, 11) is 1.58. The smallest absolute Gasteiger partial charge is 0.338 e. The second kappa shape index (κ2) is 13.7. The summed E-state index contributed by atoms with van der Waals surface area (Å²) in [5.74, 6) is 0.793. The van der Waals surface area contributed by atoms with Crippen molar-refractivity contribution in [1.29, 1.82) is 0 Å². The molecule has 9 heteroatoms. The van der Waals surface area contributed by atoms with E-state index in [9.17, 15) is 9.59 Å². The van der Waals surface area contributed by atoms with Crippen LogP contribution < -0.4 is 24.4 Å². The topological polar surface area (TPSA) is 79.1 Å². The minimum atomic E-state index is -0.778. The number of unbranched alkanes of at least 4 members (excludes halogenated alkanes) is 1. The Labute approximate surface area is 263 Å². The Morgan fingerprint density at radius 1 is 1.07 bits per heavy atom. The third kappa shape index (κ3) is 6.19. The molecule has 0 aliphatic carbocycles. The van der Waals surface area contributed by atoms with Crippen LogP contribution in [0.2, 0.25) is 0 Å². The van der Waals surface area contributed by atoms with Crippen molar-refractivity contribution < 1.29 is 19.0 Å². The number of rotatable bonds is 11. The lowest BCUT2D eigenvalue weighted by molar-refractivity contribution is -0.139. The number of hydrogen-bond acceptors (Lipinski definition) is 7. The van der Waals surface area contributed by atoms with E-state index in [2.05, 4.69) is 22.9 Å². The fourth-order valence-corrected chi connectivity index (χ4v) is 6.72. The molecule has 0 saturated carbocycles. The van der Waals surface area contributed by atoms with Crippen LogP contribution in [-0.2, 0) is 9.53 Å². The van der Waals surface area contributed by atoms with E-state index < -0.39 is 12.0 Å². The van der Waals surface area contributed by atoms with Gasteiger partial charge < -0.3 is 14.2 Å². The van der Waals surface area contributed by atoms with E-state index in [1.54, 1.807) is 18.6 Å². The van der Waals surface area contributed by atoms with Crippen molar-refractivity contribution in [3.63, 3.8) is 0 Å². The van der Waals surface area contributed by atoms with Gasteiger partial charge in [-0.15, -0.1) is 0 Å². The van der Waals surface area contributed by atoms with Gasteiger partial charge in [-0.25, -0.2) is 9.79 Å². The van der Waals surface area contributed by atoms with E-state index in [1.165, 1.54) is 11.3 Å². The molecule has 2 heterocycles. The van der Waals surface area contributed by atoms with Crippen LogP contribution in [0.15, 0.2) is 80.1 Å². The van der Waals surface area contributed by atoms with Gasteiger partial charge in [0, 0.05) is 15.6 Å². The number of esters is 1. The third-order valence-electron chi connectivity index (χ3n) is 7.34. The Hall–Kier alpha value is -3.69. The molecule has 1 aliphatic heterocycles. The molecule has 3 aromatic carbocycles. The van der Waals surface area contributed by atoms with Crippen LogP contribution >= 0.6 is 27.3 Å². The Morgan fingerprint density at radius 3 is 2.60 bits per heavy atom. The van der Waals surface area contributed by atoms with Crippen LogP contribution in [-0.4, -0.2) is 30.9 Å². The molecule has 1 atom stereocenters. The maximum absolute atomic E-state index is 14.4. The van der Waals surface area contributed by atoms with E-state index in [0.717, 1.165) is 45.8 Å². The first kappa shape index (κ1) is 30.8. The summed E-state index contributed by atoms with van der Waals surface area (Å²) in [6.45, 7) is 6.72. The van der Waals surface area contributed by atoms with E-state index in [-0.39, 0.29) is 12.2 Å². The highest BCUT2D eigenvalue weighted by atomic mass is 79.9. The van der Waals surface area contributed by atoms with Crippen molar-refractivity contribution in [2.24, 2.45) is 4.99 Å². The van der Waals surface area contributed by atoms with Crippen molar-refractivity contribution in [2.45, 2.75) is 52.5 Å². The minimum Gasteiger partial charge on any atom is -0.496 e. The highest BCUT2D eigenvalue weighted by molar-refractivity contribution is 9.10. The van der Waals surface area contributed by atoms with Crippen molar-refractivity contribution in [2.75, 3.05) is 20.3 Å². The van der Waals surface area contributed by atoms with Crippen LogP contribution in [0.3, 0.4) is 0 Å². The number of fused-ring (bicyclic) bond motifs is 2. The number of thiazole rings is 1. The predicted molar refractivity (Wildman–Crippen MR) is 175 cm³/mol. The molecule has 4 aromatic rings. The number of aromatic nitrogens is 1. The van der Waals surface area contributed by atoms with Gasteiger partial charge in [0.05, 0.1) is 36.1 Å². The SMILES string of the molecule is CCCCOc1ccc2ccccc2c1/C=c1/sc2n(c1=O)[C@@H](c1cc(Br)ccc1OC)C(C(=O)OCC)=C(CCC)N=2. The molecule has 1 aromatic heterocycles. The predicted octanol–water partition coefficient (Wildman–Crippen LogP) is 6.68. The summed E-state index contributed by atoms with van der Waals surface area (Å²) in [5, 5.41) is 2.04. The average molecular weight is 664 g/mol. The lowest BCUT2D eigenvalue weighted by atomic mass is 9.93. The van der Waals surface area contributed by atoms with Gasteiger partial charge >= 0.3 is 5.97 Å². The summed E-state index contributed by atoms with van der Waals surface area (Å²) < 4.78 is 20.4. The lowest BCUT2D eigenvalue weighted by Gasteiger charge is -2.27. The lowest BCUT2D eigenvalue weighted by Crippen LogP contribution is -2.40. The summed E-state index contributed by atoms with van der Waals surface area (Å²) in [6.07, 6.45) is 5.18. The van der Waals surface area contributed by atoms with Crippen molar-refractivity contribution in [1.82, 2.24) is 4.57 Å². The monoisotopic (exact) mass is 662 g/mol. The number of nitrogens with zero attached hydrogens (tertiary/aromatic N) is 2. The molecular formula is C34H35BrN2O5S. The first-order valence-corrected chi connectivity index (χ1v) is 16.2. The van der Waals surface area contributed by atoms with Crippen LogP contribution in [0.25, 0.3) is 16.8 Å². The van der Waals surface area contributed by atoms with E-state index in [1.807, 2.05) is 67.6 Å². The molecule has 0 spiro atoms. The molecule has 43 heavy (non-hydrogen) atoms. The van der Waals surface area contributed by atoms with E-state index in [4.69, 9.17) is 19.2 Å². The number of carbonyl (C=O) groups excluding carboxylic acids is 1. The number of hydrogen-bond donors (Lipinski definition) is 0. The first-order chi connectivity index (χ1) is 20.9. The number of carbonyl (C=O) groups is 1. The summed E-state index contributed by atoms with van der Waals surface area (Å²) in [5.41, 5.74) is 2.24. The molecule has 0 fully saturated rings. The zero-order valence-corrected chi connectivity index (χ0v) is 27.2. The average Bonchev–Trinajstić information content (AvgIpc) is 3.31.